The first-order valence-corrected chi connectivity index (χ1v) is 4.47. The molecule has 0 aliphatic carbocycles. The van der Waals surface area contributed by atoms with E-state index in [2.05, 4.69) is 0 Å². The van der Waals surface area contributed by atoms with Crippen LogP contribution in [0.1, 0.15) is 12.5 Å². The van der Waals surface area contributed by atoms with Gasteiger partial charge in [0.1, 0.15) is 6.10 Å². The smallest absolute Gasteiger partial charge is 0.384 e. The molecule has 0 fully saturated rings. The summed E-state index contributed by atoms with van der Waals surface area (Å²) >= 11 is 0. The van der Waals surface area contributed by atoms with Crippen LogP contribution in [0.2, 0.25) is 0 Å². The first kappa shape index (κ1) is 12.5. The van der Waals surface area contributed by atoms with Crippen molar-refractivity contribution in [2.45, 2.75) is 19.2 Å². The van der Waals surface area contributed by atoms with Crippen LogP contribution < -0.4 is 5.32 Å². The lowest BCUT2D eigenvalue weighted by Gasteiger charge is -2.14. The molecule has 1 aromatic rings. The van der Waals surface area contributed by atoms with Gasteiger partial charge in [0.05, 0.1) is 11.3 Å². The molecule has 16 heavy (non-hydrogen) atoms. The van der Waals surface area contributed by atoms with Gasteiger partial charge >= 0.3 is 6.18 Å². The van der Waals surface area contributed by atoms with Crippen molar-refractivity contribution in [2.75, 3.05) is 5.32 Å². The van der Waals surface area contributed by atoms with E-state index in [1.54, 1.807) is 0 Å². The Bertz CT molecular complexity index is 388. The van der Waals surface area contributed by atoms with Gasteiger partial charge in [-0.3, -0.25) is 4.79 Å². The van der Waals surface area contributed by atoms with Crippen LogP contribution in [-0.4, -0.2) is 17.1 Å². The van der Waals surface area contributed by atoms with Crippen LogP contribution in [0.4, 0.5) is 18.9 Å². The third-order valence-electron chi connectivity index (χ3n) is 1.87. The van der Waals surface area contributed by atoms with Gasteiger partial charge in [0.2, 0.25) is 0 Å². The molecule has 0 heterocycles. The number of aliphatic hydroxyl groups excluding tert-OH is 1. The van der Waals surface area contributed by atoms with Crippen LogP contribution in [0, 0.1) is 0 Å². The van der Waals surface area contributed by atoms with Gasteiger partial charge in [0.25, 0.3) is 5.91 Å². The minimum absolute atomic E-state index is 0.360. The van der Waals surface area contributed by atoms with E-state index in [1.165, 1.54) is 19.1 Å². The first-order valence-electron chi connectivity index (χ1n) is 4.47. The monoisotopic (exact) mass is 233 g/mol. The van der Waals surface area contributed by atoms with Crippen LogP contribution in [0.3, 0.4) is 0 Å². The number of rotatable bonds is 2. The molecule has 1 unspecified atom stereocenters. The Kier molecular flexibility index (Phi) is 3.54. The van der Waals surface area contributed by atoms with E-state index in [-0.39, 0.29) is 5.69 Å². The normalized spacial score (nSPS) is 13.3. The maximum absolute atomic E-state index is 12.5. The summed E-state index contributed by atoms with van der Waals surface area (Å²) in [5.41, 5.74) is -1.30. The zero-order valence-corrected chi connectivity index (χ0v) is 8.38. The average Bonchev–Trinajstić information content (AvgIpc) is 2.16. The van der Waals surface area contributed by atoms with Crippen molar-refractivity contribution in [3.8, 4) is 0 Å². The Morgan fingerprint density at radius 1 is 1.38 bits per heavy atom. The highest BCUT2D eigenvalue weighted by atomic mass is 19.4. The lowest BCUT2D eigenvalue weighted by Crippen LogP contribution is -2.25. The van der Waals surface area contributed by atoms with Crippen molar-refractivity contribution in [3.05, 3.63) is 29.8 Å². The van der Waals surface area contributed by atoms with E-state index in [1.807, 2.05) is 5.32 Å². The number of anilines is 1. The van der Waals surface area contributed by atoms with Crippen molar-refractivity contribution < 1.29 is 23.1 Å². The highest BCUT2D eigenvalue weighted by molar-refractivity contribution is 5.94. The summed E-state index contributed by atoms with van der Waals surface area (Å²) in [4.78, 5) is 11.1. The highest BCUT2D eigenvalue weighted by Gasteiger charge is 2.33. The van der Waals surface area contributed by atoms with Crippen molar-refractivity contribution in [1.29, 1.82) is 0 Å². The SMILES string of the molecule is CC(O)C(=O)Nc1ccccc1C(F)(F)F. The largest absolute Gasteiger partial charge is 0.418 e. The number of benzene rings is 1. The number of halogens is 3. The van der Waals surface area contributed by atoms with E-state index in [0.29, 0.717) is 0 Å². The number of amides is 1. The van der Waals surface area contributed by atoms with Gasteiger partial charge in [-0.2, -0.15) is 13.2 Å². The highest BCUT2D eigenvalue weighted by Crippen LogP contribution is 2.34. The van der Waals surface area contributed by atoms with Crippen molar-refractivity contribution in [2.24, 2.45) is 0 Å². The molecule has 0 aromatic heterocycles. The van der Waals surface area contributed by atoms with E-state index in [9.17, 15) is 18.0 Å². The number of aliphatic hydroxyl groups is 1. The zero-order chi connectivity index (χ0) is 12.3. The van der Waals surface area contributed by atoms with E-state index in [0.717, 1.165) is 12.1 Å². The summed E-state index contributed by atoms with van der Waals surface area (Å²) < 4.78 is 37.5. The van der Waals surface area contributed by atoms with Crippen LogP contribution in [0.5, 0.6) is 0 Å². The number of alkyl halides is 3. The quantitative estimate of drug-likeness (QED) is 0.821. The fraction of sp³-hybridized carbons (Fsp3) is 0.300. The molecule has 2 N–H and O–H groups in total. The third kappa shape index (κ3) is 2.96. The molecule has 0 spiro atoms. The Morgan fingerprint density at radius 2 is 1.94 bits per heavy atom. The Balaban J connectivity index is 3.01. The maximum Gasteiger partial charge on any atom is 0.418 e. The fourth-order valence-electron chi connectivity index (χ4n) is 1.08. The molecule has 0 bridgehead atoms. The van der Waals surface area contributed by atoms with Gasteiger partial charge in [-0.05, 0) is 19.1 Å². The van der Waals surface area contributed by atoms with Crippen LogP contribution in [0.25, 0.3) is 0 Å². The molecule has 0 aliphatic rings. The molecule has 88 valence electrons. The molecule has 0 radical (unpaired) electrons. The number of hydrogen-bond acceptors (Lipinski definition) is 2. The van der Waals surface area contributed by atoms with Gasteiger partial charge in [-0.15, -0.1) is 0 Å². The summed E-state index contributed by atoms with van der Waals surface area (Å²) in [5, 5.41) is 10.9. The topological polar surface area (TPSA) is 49.3 Å². The molecule has 0 saturated carbocycles. The number of nitrogens with one attached hydrogen (secondary N) is 1. The average molecular weight is 233 g/mol. The minimum atomic E-state index is -4.54. The summed E-state index contributed by atoms with van der Waals surface area (Å²) in [7, 11) is 0. The molecule has 0 aliphatic heterocycles. The Hall–Kier alpha value is -1.56. The van der Waals surface area contributed by atoms with Crippen molar-refractivity contribution >= 4 is 11.6 Å². The molecule has 1 amide bonds. The molecule has 1 atom stereocenters. The van der Waals surface area contributed by atoms with Gasteiger partial charge in [-0.25, -0.2) is 0 Å². The molecule has 0 saturated heterocycles. The third-order valence-corrected chi connectivity index (χ3v) is 1.87. The predicted molar refractivity (Wildman–Crippen MR) is 51.8 cm³/mol. The first-order chi connectivity index (χ1) is 7.32. The lowest BCUT2D eigenvalue weighted by molar-refractivity contribution is -0.137. The van der Waals surface area contributed by atoms with Gasteiger partial charge in [0, 0.05) is 0 Å². The van der Waals surface area contributed by atoms with E-state index in [4.69, 9.17) is 5.11 Å². The molecule has 1 rings (SSSR count). The minimum Gasteiger partial charge on any atom is -0.384 e. The van der Waals surface area contributed by atoms with Gasteiger partial charge in [-0.1, -0.05) is 12.1 Å². The summed E-state index contributed by atoms with van der Waals surface area (Å²) in [5.74, 6) is -0.878. The molecule has 6 heteroatoms. The number of carbonyl (C=O) groups is 1. The van der Waals surface area contributed by atoms with Crippen molar-refractivity contribution in [1.82, 2.24) is 0 Å². The van der Waals surface area contributed by atoms with Gasteiger partial charge < -0.3 is 10.4 Å². The second-order valence-corrected chi connectivity index (χ2v) is 3.21. The van der Waals surface area contributed by atoms with Gasteiger partial charge in [0.15, 0.2) is 0 Å². The lowest BCUT2D eigenvalue weighted by atomic mass is 10.1. The fourth-order valence-corrected chi connectivity index (χ4v) is 1.08. The van der Waals surface area contributed by atoms with E-state index < -0.39 is 23.8 Å². The molecule has 1 aromatic carbocycles. The molecular weight excluding hydrogens is 223 g/mol. The maximum atomic E-state index is 12.5. The summed E-state index contributed by atoms with van der Waals surface area (Å²) in [6.07, 6.45) is -5.90. The Morgan fingerprint density at radius 3 is 2.44 bits per heavy atom. The van der Waals surface area contributed by atoms with Crippen LogP contribution in [0.15, 0.2) is 24.3 Å². The second kappa shape index (κ2) is 4.52. The summed E-state index contributed by atoms with van der Waals surface area (Å²) in [6, 6.07) is 4.58. The van der Waals surface area contributed by atoms with Crippen molar-refractivity contribution in [3.63, 3.8) is 0 Å². The standard InChI is InChI=1S/C10H10F3NO2/c1-6(15)9(16)14-8-5-3-2-4-7(8)10(11,12)13/h2-6,15H,1H3,(H,14,16). The summed E-state index contributed by atoms with van der Waals surface area (Å²) in [6.45, 7) is 1.17. The zero-order valence-electron chi connectivity index (χ0n) is 8.38. The Labute approximate surface area is 89.9 Å². The molecular formula is C10H10F3NO2. The second-order valence-electron chi connectivity index (χ2n) is 3.21. The number of hydrogen-bond donors (Lipinski definition) is 2. The van der Waals surface area contributed by atoms with Crippen LogP contribution in [-0.2, 0) is 11.0 Å². The number of carbonyl (C=O) groups excluding carboxylic acids is 1. The molecule has 3 nitrogen and oxygen atoms in total. The van der Waals surface area contributed by atoms with E-state index >= 15 is 0 Å². The predicted octanol–water partition coefficient (Wildman–Crippen LogP) is 2.02. The van der Waals surface area contributed by atoms with Crippen LogP contribution >= 0.6 is 0 Å². The number of para-hydroxylation sites is 1.